The zero-order valence-corrected chi connectivity index (χ0v) is 14.0. The van der Waals surface area contributed by atoms with Gasteiger partial charge in [0, 0.05) is 11.8 Å². The smallest absolute Gasteiger partial charge is 0.286 e. The van der Waals surface area contributed by atoms with Gasteiger partial charge in [-0.25, -0.2) is 0 Å². The van der Waals surface area contributed by atoms with E-state index >= 15 is 0 Å². The standard InChI is InChI=1S/C18H18N2O5/c1-3-12-6-4-5-11(2)17(12)19-18(21)13-9-15-16(25-8-7-24-15)10-14(13)20(22)23/h4-6,9-10H,3,7-8H2,1-2H3,(H,19,21). The van der Waals surface area contributed by atoms with Gasteiger partial charge < -0.3 is 14.8 Å². The van der Waals surface area contributed by atoms with Crippen LogP contribution in [-0.2, 0) is 6.42 Å². The van der Waals surface area contributed by atoms with E-state index in [1.54, 1.807) is 0 Å². The Balaban J connectivity index is 2.01. The van der Waals surface area contributed by atoms with Crippen LogP contribution >= 0.6 is 0 Å². The molecule has 0 saturated carbocycles. The maximum Gasteiger partial charge on any atom is 0.286 e. The number of amides is 1. The van der Waals surface area contributed by atoms with Crippen molar-refractivity contribution in [2.24, 2.45) is 0 Å². The molecule has 2 aromatic carbocycles. The van der Waals surface area contributed by atoms with Gasteiger partial charge in [-0.2, -0.15) is 0 Å². The number of benzene rings is 2. The summed E-state index contributed by atoms with van der Waals surface area (Å²) < 4.78 is 10.8. The average molecular weight is 342 g/mol. The lowest BCUT2D eigenvalue weighted by Crippen LogP contribution is -2.19. The van der Waals surface area contributed by atoms with Gasteiger partial charge in [-0.15, -0.1) is 0 Å². The molecule has 0 spiro atoms. The molecule has 0 atom stereocenters. The summed E-state index contributed by atoms with van der Waals surface area (Å²) in [5, 5.41) is 14.2. The highest BCUT2D eigenvalue weighted by Crippen LogP contribution is 2.37. The lowest BCUT2D eigenvalue weighted by atomic mass is 10.0. The molecule has 1 amide bonds. The van der Waals surface area contributed by atoms with Crippen LogP contribution in [0.4, 0.5) is 11.4 Å². The van der Waals surface area contributed by atoms with Crippen molar-refractivity contribution in [3.05, 3.63) is 57.1 Å². The van der Waals surface area contributed by atoms with Crippen molar-refractivity contribution in [1.29, 1.82) is 0 Å². The minimum absolute atomic E-state index is 0.0560. The summed E-state index contributed by atoms with van der Waals surface area (Å²) in [6.07, 6.45) is 0.737. The minimum Gasteiger partial charge on any atom is -0.486 e. The second-order valence-corrected chi connectivity index (χ2v) is 5.69. The van der Waals surface area contributed by atoms with Crippen LogP contribution < -0.4 is 14.8 Å². The number of rotatable bonds is 4. The fourth-order valence-corrected chi connectivity index (χ4v) is 2.79. The molecule has 1 N–H and O–H groups in total. The number of hydrogen-bond donors (Lipinski definition) is 1. The molecule has 0 aliphatic carbocycles. The maximum atomic E-state index is 12.7. The largest absolute Gasteiger partial charge is 0.486 e. The molecule has 130 valence electrons. The van der Waals surface area contributed by atoms with E-state index in [-0.39, 0.29) is 17.0 Å². The number of nitrogens with zero attached hydrogens (tertiary/aromatic N) is 1. The molecule has 1 aliphatic heterocycles. The Bertz CT molecular complexity index is 848. The van der Waals surface area contributed by atoms with Crippen LogP contribution in [0, 0.1) is 17.0 Å². The number of hydrogen-bond acceptors (Lipinski definition) is 5. The summed E-state index contributed by atoms with van der Waals surface area (Å²) in [6.45, 7) is 4.52. The lowest BCUT2D eigenvalue weighted by Gasteiger charge is -2.19. The molecule has 0 saturated heterocycles. The van der Waals surface area contributed by atoms with Crippen LogP contribution in [0.3, 0.4) is 0 Å². The van der Waals surface area contributed by atoms with Crippen molar-refractivity contribution in [1.82, 2.24) is 0 Å². The summed E-state index contributed by atoms with van der Waals surface area (Å²) in [7, 11) is 0. The van der Waals surface area contributed by atoms with E-state index in [2.05, 4.69) is 5.32 Å². The first-order valence-corrected chi connectivity index (χ1v) is 7.99. The number of anilines is 1. The highest BCUT2D eigenvalue weighted by atomic mass is 16.6. The van der Waals surface area contributed by atoms with Crippen molar-refractivity contribution in [2.75, 3.05) is 18.5 Å². The molecule has 25 heavy (non-hydrogen) atoms. The fraction of sp³-hybridized carbons (Fsp3) is 0.278. The quantitative estimate of drug-likeness (QED) is 0.678. The molecule has 1 aliphatic rings. The van der Waals surface area contributed by atoms with E-state index in [1.165, 1.54) is 12.1 Å². The number of nitrogens with one attached hydrogen (secondary N) is 1. The monoisotopic (exact) mass is 342 g/mol. The van der Waals surface area contributed by atoms with Gasteiger partial charge >= 0.3 is 0 Å². The Morgan fingerprint density at radius 3 is 2.56 bits per heavy atom. The fourth-order valence-electron chi connectivity index (χ4n) is 2.79. The molecule has 0 unspecified atom stereocenters. The SMILES string of the molecule is CCc1cccc(C)c1NC(=O)c1cc2c(cc1[N+](=O)[O-])OCCO2. The highest BCUT2D eigenvalue weighted by molar-refractivity contribution is 6.08. The Morgan fingerprint density at radius 1 is 1.24 bits per heavy atom. The van der Waals surface area contributed by atoms with Gasteiger partial charge in [0.25, 0.3) is 11.6 Å². The highest BCUT2D eigenvalue weighted by Gasteiger charge is 2.27. The molecule has 0 fully saturated rings. The first kappa shape index (κ1) is 16.8. The molecule has 2 aromatic rings. The van der Waals surface area contributed by atoms with E-state index in [0.29, 0.717) is 24.7 Å². The van der Waals surface area contributed by atoms with Crippen molar-refractivity contribution in [3.8, 4) is 11.5 Å². The Labute approximate surface area is 144 Å². The molecule has 3 rings (SSSR count). The molecular weight excluding hydrogens is 324 g/mol. The van der Waals surface area contributed by atoms with Gasteiger partial charge in [-0.05, 0) is 24.5 Å². The van der Waals surface area contributed by atoms with Gasteiger partial charge in [0.05, 0.1) is 11.0 Å². The number of nitro benzene ring substituents is 1. The van der Waals surface area contributed by atoms with E-state index in [0.717, 1.165) is 17.5 Å². The third-order valence-electron chi connectivity index (χ3n) is 4.08. The Kier molecular flexibility index (Phi) is 4.56. The van der Waals surface area contributed by atoms with Gasteiger partial charge in [0.15, 0.2) is 11.5 Å². The molecule has 7 nitrogen and oxygen atoms in total. The summed E-state index contributed by atoms with van der Waals surface area (Å²) in [4.78, 5) is 23.5. The molecule has 0 radical (unpaired) electrons. The van der Waals surface area contributed by atoms with Crippen LogP contribution in [0.1, 0.15) is 28.4 Å². The molecular formula is C18H18N2O5. The third kappa shape index (κ3) is 3.26. The number of nitro groups is 1. The number of carbonyl (C=O) groups excluding carboxylic acids is 1. The zero-order chi connectivity index (χ0) is 18.0. The van der Waals surface area contributed by atoms with Crippen LogP contribution in [-0.4, -0.2) is 24.0 Å². The van der Waals surface area contributed by atoms with Crippen LogP contribution in [0.2, 0.25) is 0 Å². The number of ether oxygens (including phenoxy) is 2. The van der Waals surface area contributed by atoms with Gasteiger partial charge in [0.2, 0.25) is 0 Å². The Morgan fingerprint density at radius 2 is 1.92 bits per heavy atom. The van der Waals surface area contributed by atoms with Gasteiger partial charge in [0.1, 0.15) is 18.8 Å². The van der Waals surface area contributed by atoms with Crippen molar-refractivity contribution >= 4 is 17.3 Å². The number of aryl methyl sites for hydroxylation is 2. The third-order valence-corrected chi connectivity index (χ3v) is 4.08. The second-order valence-electron chi connectivity index (χ2n) is 5.69. The van der Waals surface area contributed by atoms with Gasteiger partial charge in [-0.1, -0.05) is 25.1 Å². The molecule has 1 heterocycles. The zero-order valence-electron chi connectivity index (χ0n) is 14.0. The Hall–Kier alpha value is -3.09. The van der Waals surface area contributed by atoms with Crippen molar-refractivity contribution < 1.29 is 19.2 Å². The lowest BCUT2D eigenvalue weighted by molar-refractivity contribution is -0.385. The number of fused-ring (bicyclic) bond motifs is 1. The summed E-state index contributed by atoms with van der Waals surface area (Å²) in [5.41, 5.74) is 2.17. The minimum atomic E-state index is -0.592. The van der Waals surface area contributed by atoms with E-state index in [1.807, 2.05) is 32.0 Å². The maximum absolute atomic E-state index is 12.7. The molecule has 0 bridgehead atoms. The van der Waals surface area contributed by atoms with Crippen LogP contribution in [0.15, 0.2) is 30.3 Å². The predicted octanol–water partition coefficient (Wildman–Crippen LogP) is 3.49. The van der Waals surface area contributed by atoms with E-state index in [9.17, 15) is 14.9 Å². The van der Waals surface area contributed by atoms with Crippen molar-refractivity contribution in [2.45, 2.75) is 20.3 Å². The predicted molar refractivity (Wildman–Crippen MR) is 92.6 cm³/mol. The topological polar surface area (TPSA) is 90.7 Å². The molecule has 7 heteroatoms. The normalized spacial score (nSPS) is 12.6. The summed E-state index contributed by atoms with van der Waals surface area (Å²) in [5.74, 6) is 0.0646. The van der Waals surface area contributed by atoms with E-state index < -0.39 is 10.8 Å². The second kappa shape index (κ2) is 6.80. The average Bonchev–Trinajstić information content (AvgIpc) is 2.62. The first-order valence-electron chi connectivity index (χ1n) is 7.99. The first-order chi connectivity index (χ1) is 12.0. The number of para-hydroxylation sites is 1. The van der Waals surface area contributed by atoms with E-state index in [4.69, 9.17) is 9.47 Å². The number of carbonyl (C=O) groups is 1. The molecule has 0 aromatic heterocycles. The van der Waals surface area contributed by atoms with Gasteiger partial charge in [-0.3, -0.25) is 14.9 Å². The summed E-state index contributed by atoms with van der Waals surface area (Å²) in [6, 6.07) is 8.32. The van der Waals surface area contributed by atoms with Crippen LogP contribution in [0.25, 0.3) is 0 Å². The van der Waals surface area contributed by atoms with Crippen LogP contribution in [0.5, 0.6) is 11.5 Å². The van der Waals surface area contributed by atoms with Crippen molar-refractivity contribution in [3.63, 3.8) is 0 Å². The summed E-state index contributed by atoms with van der Waals surface area (Å²) >= 11 is 0.